The number of benzene rings is 1. The van der Waals surface area contributed by atoms with Crippen molar-refractivity contribution in [2.45, 2.75) is 13.5 Å². The largest absolute Gasteiger partial charge is 0.496 e. The number of ether oxygens (including phenoxy) is 1. The Morgan fingerprint density at radius 1 is 1.44 bits per heavy atom. The predicted octanol–water partition coefficient (Wildman–Crippen LogP) is 1.27. The van der Waals surface area contributed by atoms with E-state index in [9.17, 15) is 12.8 Å². The average Bonchev–Trinajstić information content (AvgIpc) is 2.27. The van der Waals surface area contributed by atoms with Crippen molar-refractivity contribution in [2.75, 3.05) is 12.9 Å². The molecule has 16 heavy (non-hydrogen) atoms. The molecule has 0 aliphatic rings. The highest BCUT2D eigenvalue weighted by atomic mass is 32.2. The van der Waals surface area contributed by atoms with Crippen LogP contribution in [0, 0.1) is 5.82 Å². The van der Waals surface area contributed by atoms with Crippen molar-refractivity contribution in [1.29, 1.82) is 0 Å². The Morgan fingerprint density at radius 3 is 2.69 bits per heavy atom. The van der Waals surface area contributed by atoms with Crippen LogP contribution < -0.4 is 9.46 Å². The van der Waals surface area contributed by atoms with E-state index >= 15 is 0 Å². The summed E-state index contributed by atoms with van der Waals surface area (Å²) in [5.41, 5.74) is 0.472. The van der Waals surface area contributed by atoms with Gasteiger partial charge in [-0.2, -0.15) is 0 Å². The second-order valence-electron chi connectivity index (χ2n) is 3.18. The van der Waals surface area contributed by atoms with Crippen LogP contribution in [0.2, 0.25) is 0 Å². The molecule has 0 spiro atoms. The van der Waals surface area contributed by atoms with Gasteiger partial charge in [0, 0.05) is 12.1 Å². The minimum Gasteiger partial charge on any atom is -0.496 e. The summed E-state index contributed by atoms with van der Waals surface area (Å²) in [7, 11) is -1.83. The summed E-state index contributed by atoms with van der Waals surface area (Å²) in [6.07, 6.45) is 0. The van der Waals surface area contributed by atoms with Gasteiger partial charge in [-0.05, 0) is 25.1 Å². The quantitative estimate of drug-likeness (QED) is 0.852. The lowest BCUT2D eigenvalue weighted by molar-refractivity contribution is 0.407. The van der Waals surface area contributed by atoms with E-state index in [2.05, 4.69) is 4.72 Å². The maximum atomic E-state index is 13.0. The Labute approximate surface area is 94.5 Å². The van der Waals surface area contributed by atoms with Crippen LogP contribution in [0.3, 0.4) is 0 Å². The zero-order chi connectivity index (χ0) is 12.2. The lowest BCUT2D eigenvalue weighted by atomic mass is 10.2. The molecule has 0 aromatic heterocycles. The number of methoxy groups -OCH3 is 1. The van der Waals surface area contributed by atoms with Gasteiger partial charge < -0.3 is 4.74 Å². The zero-order valence-corrected chi connectivity index (χ0v) is 9.97. The van der Waals surface area contributed by atoms with Crippen LogP contribution in [0.4, 0.5) is 4.39 Å². The molecule has 0 radical (unpaired) electrons. The average molecular weight is 247 g/mol. The lowest BCUT2D eigenvalue weighted by Gasteiger charge is -2.09. The molecule has 4 nitrogen and oxygen atoms in total. The Bertz CT molecular complexity index is 459. The molecule has 0 atom stereocenters. The van der Waals surface area contributed by atoms with Crippen LogP contribution in [-0.4, -0.2) is 21.3 Å². The van der Waals surface area contributed by atoms with Crippen LogP contribution >= 0.6 is 0 Å². The summed E-state index contributed by atoms with van der Waals surface area (Å²) < 4.78 is 42.7. The van der Waals surface area contributed by atoms with Gasteiger partial charge in [0.05, 0.1) is 12.9 Å². The van der Waals surface area contributed by atoms with Crippen LogP contribution in [0.25, 0.3) is 0 Å². The van der Waals surface area contributed by atoms with Crippen molar-refractivity contribution in [3.05, 3.63) is 29.6 Å². The molecule has 1 aromatic rings. The van der Waals surface area contributed by atoms with Gasteiger partial charge in [0.25, 0.3) is 0 Å². The van der Waals surface area contributed by atoms with E-state index in [0.717, 1.165) is 0 Å². The monoisotopic (exact) mass is 247 g/mol. The van der Waals surface area contributed by atoms with Crippen LogP contribution in [0.15, 0.2) is 18.2 Å². The van der Waals surface area contributed by atoms with Gasteiger partial charge >= 0.3 is 0 Å². The van der Waals surface area contributed by atoms with Crippen molar-refractivity contribution in [1.82, 2.24) is 4.72 Å². The summed E-state index contributed by atoms with van der Waals surface area (Å²) in [5, 5.41) is 0. The third-order valence-corrected chi connectivity index (χ3v) is 3.45. The second kappa shape index (κ2) is 5.27. The maximum absolute atomic E-state index is 13.0. The number of rotatable bonds is 5. The summed E-state index contributed by atoms with van der Waals surface area (Å²) in [4.78, 5) is 0. The molecule has 90 valence electrons. The third kappa shape index (κ3) is 3.46. The van der Waals surface area contributed by atoms with Gasteiger partial charge in [0.15, 0.2) is 0 Å². The van der Waals surface area contributed by atoms with Gasteiger partial charge in [-0.25, -0.2) is 17.5 Å². The van der Waals surface area contributed by atoms with Crippen molar-refractivity contribution >= 4 is 10.0 Å². The fraction of sp³-hybridized carbons (Fsp3) is 0.400. The van der Waals surface area contributed by atoms with E-state index in [0.29, 0.717) is 11.3 Å². The summed E-state index contributed by atoms with van der Waals surface area (Å²) in [6, 6.07) is 3.97. The molecule has 0 saturated carbocycles. The van der Waals surface area contributed by atoms with Gasteiger partial charge in [-0.3, -0.25) is 0 Å². The first-order valence-electron chi connectivity index (χ1n) is 4.78. The smallest absolute Gasteiger partial charge is 0.211 e. The molecule has 0 amide bonds. The minimum absolute atomic E-state index is 0.00929. The lowest BCUT2D eigenvalue weighted by Crippen LogP contribution is -2.24. The Hall–Kier alpha value is -1.14. The number of halogens is 1. The molecule has 0 heterocycles. The molecule has 0 bridgehead atoms. The fourth-order valence-electron chi connectivity index (χ4n) is 1.18. The maximum Gasteiger partial charge on any atom is 0.211 e. The molecular formula is C10H14FNO3S. The van der Waals surface area contributed by atoms with Crippen molar-refractivity contribution in [2.24, 2.45) is 0 Å². The molecule has 0 saturated heterocycles. The van der Waals surface area contributed by atoms with E-state index in [4.69, 9.17) is 4.74 Å². The molecule has 0 aliphatic heterocycles. The second-order valence-corrected chi connectivity index (χ2v) is 5.28. The highest BCUT2D eigenvalue weighted by Crippen LogP contribution is 2.19. The van der Waals surface area contributed by atoms with E-state index < -0.39 is 15.8 Å². The molecule has 1 rings (SSSR count). The first kappa shape index (κ1) is 12.9. The third-order valence-electron chi connectivity index (χ3n) is 2.11. The van der Waals surface area contributed by atoms with E-state index in [1.54, 1.807) is 0 Å². The van der Waals surface area contributed by atoms with Gasteiger partial charge in [0.1, 0.15) is 11.6 Å². The molecule has 0 aliphatic carbocycles. The molecule has 6 heteroatoms. The molecule has 0 unspecified atom stereocenters. The highest BCUT2D eigenvalue weighted by Gasteiger charge is 2.09. The van der Waals surface area contributed by atoms with E-state index in [1.165, 1.54) is 32.2 Å². The first-order chi connectivity index (χ1) is 7.48. The van der Waals surface area contributed by atoms with Crippen LogP contribution in [0.1, 0.15) is 12.5 Å². The summed E-state index contributed by atoms with van der Waals surface area (Å²) in [5.74, 6) is 0.0247. The van der Waals surface area contributed by atoms with Crippen LogP contribution in [0.5, 0.6) is 5.75 Å². The first-order valence-corrected chi connectivity index (χ1v) is 6.43. The standard InChI is InChI=1S/C10H14FNO3S/c1-3-16(13,14)12-7-8-6-9(11)4-5-10(8)15-2/h4-6,12H,3,7H2,1-2H3. The predicted molar refractivity (Wildman–Crippen MR) is 59.3 cm³/mol. The summed E-state index contributed by atoms with van der Waals surface area (Å²) >= 11 is 0. The van der Waals surface area contributed by atoms with Gasteiger partial charge in [0.2, 0.25) is 10.0 Å². The Balaban J connectivity index is 2.84. The Morgan fingerprint density at radius 2 is 2.12 bits per heavy atom. The Kier molecular flexibility index (Phi) is 4.26. The van der Waals surface area contributed by atoms with E-state index in [-0.39, 0.29) is 12.3 Å². The highest BCUT2D eigenvalue weighted by molar-refractivity contribution is 7.89. The minimum atomic E-state index is -3.28. The normalized spacial score (nSPS) is 11.4. The molecule has 1 N–H and O–H groups in total. The molecular weight excluding hydrogens is 233 g/mol. The summed E-state index contributed by atoms with van der Waals surface area (Å²) in [6.45, 7) is 1.56. The fourth-order valence-corrected chi connectivity index (χ4v) is 1.75. The van der Waals surface area contributed by atoms with Crippen molar-refractivity contribution in [3.8, 4) is 5.75 Å². The van der Waals surface area contributed by atoms with Crippen molar-refractivity contribution in [3.63, 3.8) is 0 Å². The molecule has 1 aromatic carbocycles. The number of hydrogen-bond donors (Lipinski definition) is 1. The number of hydrogen-bond acceptors (Lipinski definition) is 3. The SMILES string of the molecule is CCS(=O)(=O)NCc1cc(F)ccc1OC. The zero-order valence-electron chi connectivity index (χ0n) is 9.16. The number of sulfonamides is 1. The topological polar surface area (TPSA) is 55.4 Å². The van der Waals surface area contributed by atoms with Crippen molar-refractivity contribution < 1.29 is 17.5 Å². The molecule has 0 fully saturated rings. The van der Waals surface area contributed by atoms with Gasteiger partial charge in [-0.15, -0.1) is 0 Å². The number of nitrogens with one attached hydrogen (secondary N) is 1. The van der Waals surface area contributed by atoms with E-state index in [1.807, 2.05) is 0 Å². The van der Waals surface area contributed by atoms with Gasteiger partial charge in [-0.1, -0.05) is 0 Å². The van der Waals surface area contributed by atoms with Crippen LogP contribution in [-0.2, 0) is 16.6 Å².